The molecule has 0 amide bonds. The van der Waals surface area contributed by atoms with E-state index in [4.69, 9.17) is 9.72 Å². The van der Waals surface area contributed by atoms with Crippen LogP contribution in [0.15, 0.2) is 24.3 Å². The zero-order valence-corrected chi connectivity index (χ0v) is 13.7. The summed E-state index contributed by atoms with van der Waals surface area (Å²) in [5, 5.41) is 10.3. The Bertz CT molecular complexity index is 684. The van der Waals surface area contributed by atoms with Gasteiger partial charge < -0.3 is 14.4 Å². The number of benzene rings is 1. The van der Waals surface area contributed by atoms with Gasteiger partial charge in [0.05, 0.1) is 36.9 Å². The lowest BCUT2D eigenvalue weighted by molar-refractivity contribution is -0.0547. The maximum absolute atomic E-state index is 10.3. The van der Waals surface area contributed by atoms with Gasteiger partial charge in [-0.05, 0) is 25.0 Å². The monoisotopic (exact) mass is 315 g/mol. The van der Waals surface area contributed by atoms with E-state index in [9.17, 15) is 5.11 Å². The third-order valence-electron chi connectivity index (χ3n) is 5.53. The lowest BCUT2D eigenvalue weighted by Gasteiger charge is -2.39. The molecule has 2 aromatic rings. The lowest BCUT2D eigenvalue weighted by atomic mass is 9.94. The summed E-state index contributed by atoms with van der Waals surface area (Å²) in [5.41, 5.74) is 2.23. The highest BCUT2D eigenvalue weighted by atomic mass is 16.5. The number of fused-ring (bicyclic) bond motifs is 1. The number of rotatable bonds is 3. The van der Waals surface area contributed by atoms with Crippen molar-refractivity contribution in [3.8, 4) is 0 Å². The van der Waals surface area contributed by atoms with E-state index < -0.39 is 0 Å². The zero-order chi connectivity index (χ0) is 15.8. The van der Waals surface area contributed by atoms with Gasteiger partial charge in [-0.25, -0.2) is 4.98 Å². The van der Waals surface area contributed by atoms with Gasteiger partial charge in [-0.2, -0.15) is 0 Å². The van der Waals surface area contributed by atoms with Crippen LogP contribution in [0.3, 0.4) is 0 Å². The average molecular weight is 315 g/mol. The second kappa shape index (κ2) is 6.23. The third-order valence-corrected chi connectivity index (χ3v) is 5.53. The summed E-state index contributed by atoms with van der Waals surface area (Å²) in [6.45, 7) is 3.23. The number of aliphatic hydroxyl groups excluding tert-OH is 1. The normalized spacial score (nSPS) is 29.4. The highest BCUT2D eigenvalue weighted by Gasteiger charge is 2.37. The topological polar surface area (TPSA) is 50.5 Å². The Labute approximate surface area is 136 Å². The Morgan fingerprint density at radius 1 is 1.30 bits per heavy atom. The fraction of sp³-hybridized carbons (Fsp3) is 0.611. The van der Waals surface area contributed by atoms with Crippen molar-refractivity contribution in [1.29, 1.82) is 0 Å². The van der Waals surface area contributed by atoms with E-state index >= 15 is 0 Å². The van der Waals surface area contributed by atoms with Crippen molar-refractivity contribution in [2.45, 2.75) is 38.0 Å². The molecule has 0 radical (unpaired) electrons. The number of ether oxygens (including phenoxy) is 1. The van der Waals surface area contributed by atoms with Crippen molar-refractivity contribution in [2.24, 2.45) is 13.0 Å². The summed E-state index contributed by atoms with van der Waals surface area (Å²) in [6.07, 6.45) is 2.99. The van der Waals surface area contributed by atoms with Crippen molar-refractivity contribution < 1.29 is 9.84 Å². The van der Waals surface area contributed by atoms with Crippen LogP contribution in [0.25, 0.3) is 11.0 Å². The molecule has 0 spiro atoms. The number of aryl methyl sites for hydroxylation is 1. The molecule has 3 unspecified atom stereocenters. The smallest absolute Gasteiger partial charge is 0.123 e. The summed E-state index contributed by atoms with van der Waals surface area (Å²) in [7, 11) is 2.09. The van der Waals surface area contributed by atoms with Crippen LogP contribution in [-0.2, 0) is 18.3 Å². The Morgan fingerprint density at radius 2 is 2.17 bits per heavy atom. The van der Waals surface area contributed by atoms with Gasteiger partial charge in [0.1, 0.15) is 5.82 Å². The molecule has 2 heterocycles. The number of hydrogen-bond donors (Lipinski definition) is 1. The second-order valence-corrected chi connectivity index (χ2v) is 6.85. The lowest BCUT2D eigenvalue weighted by Crippen LogP contribution is -2.50. The molecule has 1 aromatic heterocycles. The first-order valence-electron chi connectivity index (χ1n) is 8.64. The molecule has 1 saturated carbocycles. The third kappa shape index (κ3) is 2.77. The fourth-order valence-corrected chi connectivity index (χ4v) is 4.18. The molecule has 5 heteroatoms. The number of imidazole rings is 1. The Hall–Kier alpha value is -1.43. The van der Waals surface area contributed by atoms with Crippen molar-refractivity contribution in [2.75, 3.05) is 19.8 Å². The maximum atomic E-state index is 10.3. The van der Waals surface area contributed by atoms with E-state index in [2.05, 4.69) is 34.7 Å². The second-order valence-electron chi connectivity index (χ2n) is 6.85. The molecule has 2 aliphatic rings. The molecular weight excluding hydrogens is 290 g/mol. The van der Waals surface area contributed by atoms with Crippen LogP contribution in [0.5, 0.6) is 0 Å². The van der Waals surface area contributed by atoms with Crippen LogP contribution >= 0.6 is 0 Å². The largest absolute Gasteiger partial charge is 0.393 e. The number of morpholine rings is 1. The molecule has 5 nitrogen and oxygen atoms in total. The SMILES string of the molecule is Cn1c(CN2CCOCC2C2CCCC2O)nc2ccccc21. The minimum Gasteiger partial charge on any atom is -0.393 e. The predicted octanol–water partition coefficient (Wildman–Crippen LogP) is 1.94. The summed E-state index contributed by atoms with van der Waals surface area (Å²) in [4.78, 5) is 7.27. The molecule has 124 valence electrons. The van der Waals surface area contributed by atoms with Crippen molar-refractivity contribution in [3.63, 3.8) is 0 Å². The van der Waals surface area contributed by atoms with E-state index in [1.165, 1.54) is 5.52 Å². The maximum Gasteiger partial charge on any atom is 0.123 e. The van der Waals surface area contributed by atoms with E-state index in [0.717, 1.165) is 56.9 Å². The van der Waals surface area contributed by atoms with Crippen molar-refractivity contribution in [1.82, 2.24) is 14.5 Å². The molecule has 4 rings (SSSR count). The summed E-state index contributed by atoms with van der Waals surface area (Å²) in [6, 6.07) is 8.58. The van der Waals surface area contributed by atoms with Crippen molar-refractivity contribution in [3.05, 3.63) is 30.1 Å². The van der Waals surface area contributed by atoms with E-state index in [1.807, 2.05) is 6.07 Å². The molecule has 3 atom stereocenters. The average Bonchev–Trinajstić information content (AvgIpc) is 3.13. The first-order valence-corrected chi connectivity index (χ1v) is 8.64. The van der Waals surface area contributed by atoms with Crippen LogP contribution in [0.2, 0.25) is 0 Å². The molecule has 0 bridgehead atoms. The Balaban J connectivity index is 1.58. The first kappa shape index (κ1) is 15.1. The minimum atomic E-state index is -0.176. The quantitative estimate of drug-likeness (QED) is 0.940. The molecule has 1 aliphatic heterocycles. The van der Waals surface area contributed by atoms with Gasteiger partial charge in [0.25, 0.3) is 0 Å². The van der Waals surface area contributed by atoms with Gasteiger partial charge in [0.15, 0.2) is 0 Å². The van der Waals surface area contributed by atoms with Crippen LogP contribution in [-0.4, -0.2) is 51.5 Å². The molecular formula is C18H25N3O2. The number of para-hydroxylation sites is 2. The van der Waals surface area contributed by atoms with Gasteiger partial charge in [-0.1, -0.05) is 18.6 Å². The first-order chi connectivity index (χ1) is 11.2. The number of hydrogen-bond acceptors (Lipinski definition) is 4. The molecule has 1 aromatic carbocycles. The molecule has 1 saturated heterocycles. The summed E-state index contributed by atoms with van der Waals surface area (Å²) >= 11 is 0. The van der Waals surface area contributed by atoms with Gasteiger partial charge in [0.2, 0.25) is 0 Å². The molecule has 2 fully saturated rings. The Kier molecular flexibility index (Phi) is 4.09. The van der Waals surface area contributed by atoms with Crippen LogP contribution in [0.4, 0.5) is 0 Å². The number of aromatic nitrogens is 2. The van der Waals surface area contributed by atoms with Crippen molar-refractivity contribution >= 4 is 11.0 Å². The van der Waals surface area contributed by atoms with Crippen LogP contribution < -0.4 is 0 Å². The highest BCUT2D eigenvalue weighted by Crippen LogP contribution is 2.33. The van der Waals surface area contributed by atoms with Gasteiger partial charge in [0, 0.05) is 25.6 Å². The number of aliphatic hydroxyl groups is 1. The summed E-state index contributed by atoms with van der Waals surface area (Å²) < 4.78 is 7.91. The van der Waals surface area contributed by atoms with E-state index in [-0.39, 0.29) is 6.10 Å². The van der Waals surface area contributed by atoms with Gasteiger partial charge in [-0.15, -0.1) is 0 Å². The van der Waals surface area contributed by atoms with Crippen LogP contribution in [0, 0.1) is 5.92 Å². The van der Waals surface area contributed by atoms with Gasteiger partial charge >= 0.3 is 0 Å². The molecule has 23 heavy (non-hydrogen) atoms. The predicted molar refractivity (Wildman–Crippen MR) is 89.1 cm³/mol. The van der Waals surface area contributed by atoms with Gasteiger partial charge in [-0.3, -0.25) is 4.90 Å². The fourth-order valence-electron chi connectivity index (χ4n) is 4.18. The van der Waals surface area contributed by atoms with E-state index in [0.29, 0.717) is 12.0 Å². The minimum absolute atomic E-state index is 0.176. The summed E-state index contributed by atoms with van der Waals surface area (Å²) in [5.74, 6) is 1.43. The highest BCUT2D eigenvalue weighted by molar-refractivity contribution is 5.75. The molecule has 1 N–H and O–H groups in total. The molecule has 1 aliphatic carbocycles. The van der Waals surface area contributed by atoms with E-state index in [1.54, 1.807) is 0 Å². The van der Waals surface area contributed by atoms with Crippen LogP contribution in [0.1, 0.15) is 25.1 Å². The number of nitrogens with zero attached hydrogens (tertiary/aromatic N) is 3. The zero-order valence-electron chi connectivity index (χ0n) is 13.7. The Morgan fingerprint density at radius 3 is 2.96 bits per heavy atom. The standard InChI is InChI=1S/C18H25N3O2/c1-20-15-7-3-2-6-14(15)19-18(20)11-21-9-10-23-12-16(21)13-5-4-8-17(13)22/h2-3,6-7,13,16-17,22H,4-5,8-12H2,1H3.